The standard InChI is InChI=1S/C20H22N2O3/c1-3-10-24-18-9-8-16(13-19(18)25-11-4-2)20(23)22-17-7-5-6-15(12-17)14-21/h5-9,12-13H,3-4,10-11H2,1-2H3,(H,22,23). The van der Waals surface area contributed by atoms with Crippen molar-refractivity contribution in [3.05, 3.63) is 53.6 Å². The molecule has 25 heavy (non-hydrogen) atoms. The number of carbonyl (C=O) groups excluding carboxylic acids is 1. The van der Waals surface area contributed by atoms with Crippen LogP contribution in [0.25, 0.3) is 0 Å². The van der Waals surface area contributed by atoms with Crippen LogP contribution in [0.3, 0.4) is 0 Å². The Kier molecular flexibility index (Phi) is 6.85. The van der Waals surface area contributed by atoms with Gasteiger partial charge in [-0.2, -0.15) is 5.26 Å². The third-order valence-electron chi connectivity index (χ3n) is 3.38. The number of nitriles is 1. The van der Waals surface area contributed by atoms with Crippen molar-refractivity contribution in [3.8, 4) is 17.6 Å². The Bertz CT molecular complexity index is 766. The maximum atomic E-state index is 12.5. The van der Waals surface area contributed by atoms with Gasteiger partial charge in [0.2, 0.25) is 0 Å². The predicted molar refractivity (Wildman–Crippen MR) is 97.1 cm³/mol. The minimum absolute atomic E-state index is 0.265. The first-order chi connectivity index (χ1) is 12.2. The van der Waals surface area contributed by atoms with Crippen LogP contribution in [0.5, 0.6) is 11.5 Å². The van der Waals surface area contributed by atoms with E-state index in [9.17, 15) is 4.79 Å². The first-order valence-electron chi connectivity index (χ1n) is 8.39. The normalized spacial score (nSPS) is 9.96. The quantitative estimate of drug-likeness (QED) is 0.775. The molecule has 0 atom stereocenters. The van der Waals surface area contributed by atoms with E-state index in [1.165, 1.54) is 0 Å². The summed E-state index contributed by atoms with van der Waals surface area (Å²) in [5, 5.41) is 11.7. The van der Waals surface area contributed by atoms with Crippen LogP contribution in [-0.2, 0) is 0 Å². The van der Waals surface area contributed by atoms with Gasteiger partial charge in [-0.15, -0.1) is 0 Å². The van der Waals surface area contributed by atoms with Crippen LogP contribution in [0, 0.1) is 11.3 Å². The fourth-order valence-corrected chi connectivity index (χ4v) is 2.18. The highest BCUT2D eigenvalue weighted by Crippen LogP contribution is 2.29. The zero-order valence-electron chi connectivity index (χ0n) is 14.5. The van der Waals surface area contributed by atoms with Crippen LogP contribution in [0.1, 0.15) is 42.6 Å². The second kappa shape index (κ2) is 9.33. The Morgan fingerprint density at radius 1 is 1.04 bits per heavy atom. The number of anilines is 1. The van der Waals surface area contributed by atoms with Crippen LogP contribution in [0.15, 0.2) is 42.5 Å². The van der Waals surface area contributed by atoms with E-state index in [1.54, 1.807) is 42.5 Å². The highest BCUT2D eigenvalue weighted by Gasteiger charge is 2.12. The van der Waals surface area contributed by atoms with Crippen molar-refractivity contribution >= 4 is 11.6 Å². The van der Waals surface area contributed by atoms with Crippen LogP contribution in [0.2, 0.25) is 0 Å². The van der Waals surface area contributed by atoms with Crippen molar-refractivity contribution in [2.75, 3.05) is 18.5 Å². The number of nitrogens with zero attached hydrogens (tertiary/aromatic N) is 1. The predicted octanol–water partition coefficient (Wildman–Crippen LogP) is 4.39. The Labute approximate surface area is 148 Å². The smallest absolute Gasteiger partial charge is 0.255 e. The van der Waals surface area contributed by atoms with Crippen molar-refractivity contribution in [2.45, 2.75) is 26.7 Å². The fraction of sp³-hybridized carbons (Fsp3) is 0.300. The van der Waals surface area contributed by atoms with Gasteiger partial charge in [0.1, 0.15) is 0 Å². The molecule has 2 aromatic carbocycles. The number of rotatable bonds is 8. The average Bonchev–Trinajstić information content (AvgIpc) is 2.65. The van der Waals surface area contributed by atoms with Gasteiger partial charge in [0, 0.05) is 11.3 Å². The van der Waals surface area contributed by atoms with Gasteiger partial charge in [-0.1, -0.05) is 19.9 Å². The van der Waals surface area contributed by atoms with E-state index in [0.29, 0.717) is 41.5 Å². The first kappa shape index (κ1) is 18.3. The van der Waals surface area contributed by atoms with E-state index in [2.05, 4.69) is 11.4 Å². The Morgan fingerprint density at radius 3 is 2.44 bits per heavy atom. The number of ether oxygens (including phenoxy) is 2. The van der Waals surface area contributed by atoms with Gasteiger partial charge in [-0.25, -0.2) is 0 Å². The molecule has 1 amide bonds. The SMILES string of the molecule is CCCOc1ccc(C(=O)Nc2cccc(C#N)c2)cc1OCCC. The van der Waals surface area contributed by atoms with E-state index < -0.39 is 0 Å². The van der Waals surface area contributed by atoms with Gasteiger partial charge in [-0.3, -0.25) is 4.79 Å². The van der Waals surface area contributed by atoms with Gasteiger partial charge in [0.05, 0.1) is 24.8 Å². The second-order valence-electron chi connectivity index (χ2n) is 5.51. The lowest BCUT2D eigenvalue weighted by Gasteiger charge is -2.13. The van der Waals surface area contributed by atoms with Gasteiger partial charge >= 0.3 is 0 Å². The summed E-state index contributed by atoms with van der Waals surface area (Å²) >= 11 is 0. The molecule has 5 nitrogen and oxygen atoms in total. The highest BCUT2D eigenvalue weighted by atomic mass is 16.5. The zero-order chi connectivity index (χ0) is 18.1. The van der Waals surface area contributed by atoms with E-state index in [-0.39, 0.29) is 5.91 Å². The zero-order valence-corrected chi connectivity index (χ0v) is 14.5. The van der Waals surface area contributed by atoms with E-state index in [4.69, 9.17) is 14.7 Å². The molecule has 0 saturated heterocycles. The number of amides is 1. The number of hydrogen-bond acceptors (Lipinski definition) is 4. The van der Waals surface area contributed by atoms with Crippen LogP contribution in [0.4, 0.5) is 5.69 Å². The second-order valence-corrected chi connectivity index (χ2v) is 5.51. The summed E-state index contributed by atoms with van der Waals surface area (Å²) in [6.07, 6.45) is 1.76. The van der Waals surface area contributed by atoms with Crippen molar-refractivity contribution in [2.24, 2.45) is 0 Å². The molecular weight excluding hydrogens is 316 g/mol. The number of hydrogen-bond donors (Lipinski definition) is 1. The number of nitrogens with one attached hydrogen (secondary N) is 1. The molecule has 1 N–H and O–H groups in total. The Hall–Kier alpha value is -3.00. The lowest BCUT2D eigenvalue weighted by molar-refractivity contribution is 0.102. The minimum Gasteiger partial charge on any atom is -0.490 e. The Morgan fingerprint density at radius 2 is 1.76 bits per heavy atom. The molecule has 0 aliphatic rings. The molecule has 0 aliphatic heterocycles. The molecule has 2 aromatic rings. The van der Waals surface area contributed by atoms with Crippen molar-refractivity contribution in [3.63, 3.8) is 0 Å². The molecule has 5 heteroatoms. The fourth-order valence-electron chi connectivity index (χ4n) is 2.18. The summed E-state index contributed by atoms with van der Waals surface area (Å²) < 4.78 is 11.4. The van der Waals surface area contributed by atoms with Gasteiger partial charge in [-0.05, 0) is 49.2 Å². The van der Waals surface area contributed by atoms with Crippen LogP contribution >= 0.6 is 0 Å². The Balaban J connectivity index is 2.19. The van der Waals surface area contributed by atoms with Crippen molar-refractivity contribution in [1.29, 1.82) is 5.26 Å². The van der Waals surface area contributed by atoms with Gasteiger partial charge in [0.25, 0.3) is 5.91 Å². The van der Waals surface area contributed by atoms with Gasteiger partial charge < -0.3 is 14.8 Å². The molecule has 0 unspecified atom stereocenters. The molecule has 0 aromatic heterocycles. The molecule has 2 rings (SSSR count). The van der Waals surface area contributed by atoms with E-state index in [1.807, 2.05) is 13.8 Å². The molecule has 0 aliphatic carbocycles. The monoisotopic (exact) mass is 338 g/mol. The van der Waals surface area contributed by atoms with Crippen LogP contribution in [-0.4, -0.2) is 19.1 Å². The molecule has 0 heterocycles. The third-order valence-corrected chi connectivity index (χ3v) is 3.38. The average molecular weight is 338 g/mol. The topological polar surface area (TPSA) is 71.3 Å². The summed E-state index contributed by atoms with van der Waals surface area (Å²) in [5.74, 6) is 0.936. The van der Waals surface area contributed by atoms with Crippen molar-refractivity contribution in [1.82, 2.24) is 0 Å². The minimum atomic E-state index is -0.265. The summed E-state index contributed by atoms with van der Waals surface area (Å²) in [6, 6.07) is 14.0. The number of benzene rings is 2. The van der Waals surface area contributed by atoms with Crippen molar-refractivity contribution < 1.29 is 14.3 Å². The van der Waals surface area contributed by atoms with E-state index >= 15 is 0 Å². The summed E-state index contributed by atoms with van der Waals surface area (Å²) in [6.45, 7) is 5.20. The molecule has 130 valence electrons. The van der Waals surface area contributed by atoms with Gasteiger partial charge in [0.15, 0.2) is 11.5 Å². The lowest BCUT2D eigenvalue weighted by atomic mass is 10.1. The first-order valence-corrected chi connectivity index (χ1v) is 8.39. The molecule has 0 radical (unpaired) electrons. The van der Waals surface area contributed by atoms with Crippen LogP contribution < -0.4 is 14.8 Å². The number of carbonyl (C=O) groups is 1. The molecule has 0 saturated carbocycles. The third kappa shape index (κ3) is 5.25. The maximum Gasteiger partial charge on any atom is 0.255 e. The molecule has 0 spiro atoms. The molecule has 0 fully saturated rings. The maximum absolute atomic E-state index is 12.5. The lowest BCUT2D eigenvalue weighted by Crippen LogP contribution is -2.12. The molecular formula is C20H22N2O3. The summed E-state index contributed by atoms with van der Waals surface area (Å²) in [5.41, 5.74) is 1.54. The highest BCUT2D eigenvalue weighted by molar-refractivity contribution is 6.04. The summed E-state index contributed by atoms with van der Waals surface area (Å²) in [4.78, 5) is 12.5. The largest absolute Gasteiger partial charge is 0.490 e. The summed E-state index contributed by atoms with van der Waals surface area (Å²) in [7, 11) is 0. The van der Waals surface area contributed by atoms with E-state index in [0.717, 1.165) is 12.8 Å². The molecule has 0 bridgehead atoms.